The van der Waals surface area contributed by atoms with Gasteiger partial charge in [-0.2, -0.15) is 0 Å². The summed E-state index contributed by atoms with van der Waals surface area (Å²) in [6.07, 6.45) is 1.32. The number of ether oxygens (including phenoxy) is 3. The number of benzene rings is 1. The van der Waals surface area contributed by atoms with Crippen LogP contribution in [0, 0.1) is 0 Å². The van der Waals surface area contributed by atoms with Crippen LogP contribution in [0.2, 0.25) is 0 Å². The van der Waals surface area contributed by atoms with Crippen LogP contribution in [-0.2, 0) is 9.53 Å². The first-order valence-electron chi connectivity index (χ1n) is 7.66. The maximum absolute atomic E-state index is 13.0. The summed E-state index contributed by atoms with van der Waals surface area (Å²) in [6.45, 7) is 1.41. The minimum Gasteiger partial charge on any atom is -0.481 e. The van der Waals surface area contributed by atoms with E-state index in [0.29, 0.717) is 43.1 Å². The summed E-state index contributed by atoms with van der Waals surface area (Å²) in [4.78, 5) is 25.5. The van der Waals surface area contributed by atoms with Crippen molar-refractivity contribution < 1.29 is 28.9 Å². The molecule has 0 bridgehead atoms. The predicted octanol–water partition coefficient (Wildman–Crippen LogP) is 1.51. The number of carbonyl (C=O) groups excluding carboxylic acids is 1. The molecule has 0 aliphatic carbocycles. The van der Waals surface area contributed by atoms with Crippen LogP contribution in [0.5, 0.6) is 11.5 Å². The quantitative estimate of drug-likeness (QED) is 0.885. The maximum Gasteiger partial charge on any atom is 0.305 e. The highest BCUT2D eigenvalue weighted by atomic mass is 16.7. The highest BCUT2D eigenvalue weighted by molar-refractivity contribution is 5.98. The average Bonchev–Trinajstić information content (AvgIpc) is 3.04. The number of carboxylic acid groups (broad SMARTS) is 1. The van der Waals surface area contributed by atoms with Gasteiger partial charge < -0.3 is 24.2 Å². The molecule has 2 aliphatic heterocycles. The molecular formula is C16H19NO6. The van der Waals surface area contributed by atoms with Gasteiger partial charge in [0.05, 0.1) is 12.0 Å². The fraction of sp³-hybridized carbons (Fsp3) is 0.500. The Balaban J connectivity index is 1.84. The molecule has 1 aromatic carbocycles. The van der Waals surface area contributed by atoms with Crippen molar-refractivity contribution in [1.29, 1.82) is 0 Å². The summed E-state index contributed by atoms with van der Waals surface area (Å²) < 4.78 is 16.0. The number of hydrogen-bond acceptors (Lipinski definition) is 5. The van der Waals surface area contributed by atoms with Gasteiger partial charge in [0, 0.05) is 25.8 Å². The van der Waals surface area contributed by atoms with E-state index in [1.807, 2.05) is 0 Å². The second-order valence-electron chi connectivity index (χ2n) is 5.53. The van der Waals surface area contributed by atoms with E-state index in [-0.39, 0.29) is 31.7 Å². The summed E-state index contributed by atoms with van der Waals surface area (Å²) >= 11 is 0. The number of para-hydroxylation sites is 1. The summed E-state index contributed by atoms with van der Waals surface area (Å²) in [7, 11) is 0. The minimum atomic E-state index is -0.923. The molecule has 0 atom stereocenters. The highest BCUT2D eigenvalue weighted by Crippen LogP contribution is 2.36. The number of rotatable bonds is 5. The molecule has 3 rings (SSSR count). The van der Waals surface area contributed by atoms with Crippen molar-refractivity contribution in [2.75, 3.05) is 26.6 Å². The number of carboxylic acids is 1. The van der Waals surface area contributed by atoms with Gasteiger partial charge >= 0.3 is 5.97 Å². The zero-order chi connectivity index (χ0) is 16.2. The van der Waals surface area contributed by atoms with Crippen LogP contribution >= 0.6 is 0 Å². The Kier molecular flexibility index (Phi) is 4.66. The van der Waals surface area contributed by atoms with Crippen LogP contribution in [-0.4, -0.2) is 54.5 Å². The largest absolute Gasteiger partial charge is 0.481 e. The van der Waals surface area contributed by atoms with Crippen LogP contribution in [0.25, 0.3) is 0 Å². The van der Waals surface area contributed by atoms with Crippen LogP contribution in [0.4, 0.5) is 0 Å². The first-order valence-corrected chi connectivity index (χ1v) is 7.66. The molecule has 7 heteroatoms. The SMILES string of the molecule is O=C(O)CCN(C(=O)c1cccc2c1OCO2)C1CCOCC1. The number of hydrogen-bond donors (Lipinski definition) is 1. The lowest BCUT2D eigenvalue weighted by molar-refractivity contribution is -0.137. The monoisotopic (exact) mass is 321 g/mol. The Morgan fingerprint density at radius 1 is 1.22 bits per heavy atom. The molecule has 0 aromatic heterocycles. The van der Waals surface area contributed by atoms with Gasteiger partial charge in [0.2, 0.25) is 6.79 Å². The van der Waals surface area contributed by atoms with E-state index in [4.69, 9.17) is 19.3 Å². The molecule has 0 spiro atoms. The lowest BCUT2D eigenvalue weighted by Gasteiger charge is -2.34. The number of nitrogens with zero attached hydrogens (tertiary/aromatic N) is 1. The number of aliphatic carboxylic acids is 1. The van der Waals surface area contributed by atoms with Gasteiger partial charge in [0.25, 0.3) is 5.91 Å². The fourth-order valence-electron chi connectivity index (χ4n) is 2.92. The zero-order valence-electron chi connectivity index (χ0n) is 12.7. The van der Waals surface area contributed by atoms with Crippen LogP contribution < -0.4 is 9.47 Å². The zero-order valence-corrected chi connectivity index (χ0v) is 12.7. The van der Waals surface area contributed by atoms with Crippen LogP contribution in [0.15, 0.2) is 18.2 Å². The molecule has 2 heterocycles. The summed E-state index contributed by atoms with van der Waals surface area (Å²) in [6, 6.07) is 5.15. The Morgan fingerprint density at radius 3 is 2.74 bits per heavy atom. The van der Waals surface area contributed by atoms with Gasteiger partial charge in [0.1, 0.15) is 0 Å². The Bertz CT molecular complexity index is 596. The molecule has 7 nitrogen and oxygen atoms in total. The smallest absolute Gasteiger partial charge is 0.305 e. The fourth-order valence-corrected chi connectivity index (χ4v) is 2.92. The minimum absolute atomic E-state index is 0.0197. The van der Waals surface area contributed by atoms with Gasteiger partial charge in [-0.05, 0) is 25.0 Å². The first-order chi connectivity index (χ1) is 11.2. The number of fused-ring (bicyclic) bond motifs is 1. The topological polar surface area (TPSA) is 85.3 Å². The molecule has 1 N–H and O–H groups in total. The van der Waals surface area contributed by atoms with Crippen molar-refractivity contribution in [2.24, 2.45) is 0 Å². The van der Waals surface area contributed by atoms with Gasteiger partial charge in [-0.1, -0.05) is 6.07 Å². The molecule has 23 heavy (non-hydrogen) atoms. The lowest BCUT2D eigenvalue weighted by Crippen LogP contribution is -2.44. The second kappa shape index (κ2) is 6.87. The molecule has 0 unspecified atom stereocenters. The molecular weight excluding hydrogens is 302 g/mol. The molecule has 1 fully saturated rings. The third kappa shape index (κ3) is 3.39. The molecule has 0 radical (unpaired) electrons. The van der Waals surface area contributed by atoms with Gasteiger partial charge in [-0.25, -0.2) is 0 Å². The summed E-state index contributed by atoms with van der Waals surface area (Å²) in [5.41, 5.74) is 0.414. The van der Waals surface area contributed by atoms with Crippen LogP contribution in [0.3, 0.4) is 0 Å². The number of carbonyl (C=O) groups is 2. The van der Waals surface area contributed by atoms with Gasteiger partial charge in [-0.15, -0.1) is 0 Å². The van der Waals surface area contributed by atoms with E-state index in [9.17, 15) is 9.59 Å². The molecule has 0 saturated carbocycles. The van der Waals surface area contributed by atoms with E-state index in [2.05, 4.69) is 0 Å². The van der Waals surface area contributed by atoms with Crippen molar-refractivity contribution in [3.63, 3.8) is 0 Å². The molecule has 1 amide bonds. The summed E-state index contributed by atoms with van der Waals surface area (Å²) in [5, 5.41) is 8.96. The van der Waals surface area contributed by atoms with Gasteiger partial charge in [0.15, 0.2) is 11.5 Å². The molecule has 2 aliphatic rings. The second-order valence-corrected chi connectivity index (χ2v) is 5.53. The van der Waals surface area contributed by atoms with E-state index < -0.39 is 5.97 Å². The van der Waals surface area contributed by atoms with E-state index >= 15 is 0 Å². The Morgan fingerprint density at radius 2 is 2.00 bits per heavy atom. The summed E-state index contributed by atoms with van der Waals surface area (Å²) in [5.74, 6) is -0.167. The lowest BCUT2D eigenvalue weighted by atomic mass is 10.0. The average molecular weight is 321 g/mol. The normalized spacial score (nSPS) is 17.0. The predicted molar refractivity (Wildman–Crippen MR) is 79.7 cm³/mol. The standard InChI is InChI=1S/C16H19NO6/c18-14(19)4-7-17(11-5-8-21-9-6-11)16(20)12-2-1-3-13-15(12)23-10-22-13/h1-3,11H,4-10H2,(H,18,19). The molecule has 1 aromatic rings. The maximum atomic E-state index is 13.0. The Hall–Kier alpha value is -2.28. The van der Waals surface area contributed by atoms with Gasteiger partial charge in [-0.3, -0.25) is 9.59 Å². The van der Waals surface area contributed by atoms with E-state index in [0.717, 1.165) is 0 Å². The third-order valence-corrected chi connectivity index (χ3v) is 4.09. The highest BCUT2D eigenvalue weighted by Gasteiger charge is 2.30. The van der Waals surface area contributed by atoms with Crippen LogP contribution in [0.1, 0.15) is 29.6 Å². The van der Waals surface area contributed by atoms with E-state index in [1.165, 1.54) is 0 Å². The Labute approximate surface area is 133 Å². The van der Waals surface area contributed by atoms with Crippen molar-refractivity contribution >= 4 is 11.9 Å². The van der Waals surface area contributed by atoms with Crippen molar-refractivity contribution in [2.45, 2.75) is 25.3 Å². The molecule has 124 valence electrons. The van der Waals surface area contributed by atoms with Crippen molar-refractivity contribution in [3.05, 3.63) is 23.8 Å². The first kappa shape index (κ1) is 15.6. The van der Waals surface area contributed by atoms with Crippen molar-refractivity contribution in [1.82, 2.24) is 4.90 Å². The van der Waals surface area contributed by atoms with Crippen molar-refractivity contribution in [3.8, 4) is 11.5 Å². The number of amides is 1. The van der Waals surface area contributed by atoms with E-state index in [1.54, 1.807) is 23.1 Å². The third-order valence-electron chi connectivity index (χ3n) is 4.09. The molecule has 1 saturated heterocycles.